The Morgan fingerprint density at radius 1 is 1.14 bits per heavy atom. The molecule has 2 aromatic carbocycles. The number of imidazole rings is 1. The van der Waals surface area contributed by atoms with Gasteiger partial charge in [0, 0.05) is 18.1 Å². The molecule has 0 saturated heterocycles. The van der Waals surface area contributed by atoms with E-state index in [1.54, 1.807) is 0 Å². The minimum absolute atomic E-state index is 0.200. The van der Waals surface area contributed by atoms with Crippen molar-refractivity contribution >= 4 is 27.0 Å². The molecule has 1 heterocycles. The summed E-state index contributed by atoms with van der Waals surface area (Å²) in [5, 5.41) is 3.54. The molecule has 0 aliphatic carbocycles. The Balaban J connectivity index is 1.76. The zero-order valence-corrected chi connectivity index (χ0v) is 13.8. The fraction of sp³-hybridized carbons (Fsp3) is 0.235. The molecular formula is C17H18BrN3. The minimum Gasteiger partial charge on any atom is -0.330 e. The standard InChI is InChI=1S/C17H18BrN3/c1-12(19-11-13-7-9-14(18)10-8-13)17-20-15-5-3-4-6-16(15)21(17)2/h3-10,12,19H,11H2,1-2H3. The number of aromatic nitrogens is 2. The molecule has 4 heteroatoms. The number of nitrogens with one attached hydrogen (secondary N) is 1. The third kappa shape index (κ3) is 3.01. The van der Waals surface area contributed by atoms with Crippen molar-refractivity contribution in [2.45, 2.75) is 19.5 Å². The lowest BCUT2D eigenvalue weighted by Gasteiger charge is -2.14. The summed E-state index contributed by atoms with van der Waals surface area (Å²) in [5.41, 5.74) is 3.49. The number of rotatable bonds is 4. The molecule has 3 rings (SSSR count). The van der Waals surface area contributed by atoms with E-state index in [9.17, 15) is 0 Å². The van der Waals surface area contributed by atoms with Gasteiger partial charge in [0.2, 0.25) is 0 Å². The first-order valence-electron chi connectivity index (χ1n) is 7.04. The average Bonchev–Trinajstić information content (AvgIpc) is 2.84. The minimum atomic E-state index is 0.200. The van der Waals surface area contributed by atoms with Gasteiger partial charge in [-0.05, 0) is 36.8 Å². The van der Waals surface area contributed by atoms with Gasteiger partial charge >= 0.3 is 0 Å². The van der Waals surface area contributed by atoms with Crippen LogP contribution < -0.4 is 5.32 Å². The summed E-state index contributed by atoms with van der Waals surface area (Å²) in [5.74, 6) is 1.06. The van der Waals surface area contributed by atoms with Gasteiger partial charge in [-0.15, -0.1) is 0 Å². The highest BCUT2D eigenvalue weighted by Gasteiger charge is 2.13. The lowest BCUT2D eigenvalue weighted by molar-refractivity contribution is 0.533. The van der Waals surface area contributed by atoms with Crippen molar-refractivity contribution < 1.29 is 0 Å². The number of aryl methyl sites for hydroxylation is 1. The predicted molar refractivity (Wildman–Crippen MR) is 90.1 cm³/mol. The largest absolute Gasteiger partial charge is 0.330 e. The highest BCUT2D eigenvalue weighted by molar-refractivity contribution is 9.10. The van der Waals surface area contributed by atoms with Crippen LogP contribution in [-0.2, 0) is 13.6 Å². The van der Waals surface area contributed by atoms with E-state index in [0.717, 1.165) is 22.4 Å². The monoisotopic (exact) mass is 343 g/mol. The van der Waals surface area contributed by atoms with Crippen molar-refractivity contribution in [1.29, 1.82) is 0 Å². The summed E-state index contributed by atoms with van der Waals surface area (Å²) in [6.45, 7) is 2.98. The van der Waals surface area contributed by atoms with Gasteiger partial charge in [0.1, 0.15) is 5.82 Å². The van der Waals surface area contributed by atoms with Crippen molar-refractivity contribution in [3.8, 4) is 0 Å². The van der Waals surface area contributed by atoms with E-state index < -0.39 is 0 Å². The van der Waals surface area contributed by atoms with Crippen molar-refractivity contribution in [2.75, 3.05) is 0 Å². The number of hydrogen-bond acceptors (Lipinski definition) is 2. The van der Waals surface area contributed by atoms with Gasteiger partial charge in [-0.2, -0.15) is 0 Å². The molecule has 0 saturated carbocycles. The molecule has 21 heavy (non-hydrogen) atoms. The van der Waals surface area contributed by atoms with E-state index in [1.165, 1.54) is 11.1 Å². The van der Waals surface area contributed by atoms with Crippen LogP contribution in [-0.4, -0.2) is 9.55 Å². The van der Waals surface area contributed by atoms with Crippen LogP contribution >= 0.6 is 15.9 Å². The first-order chi connectivity index (χ1) is 10.1. The van der Waals surface area contributed by atoms with Gasteiger partial charge in [0.05, 0.1) is 17.1 Å². The number of fused-ring (bicyclic) bond motifs is 1. The van der Waals surface area contributed by atoms with Gasteiger partial charge in [-0.25, -0.2) is 4.98 Å². The van der Waals surface area contributed by atoms with Crippen LogP contribution in [0.5, 0.6) is 0 Å². The molecule has 0 fully saturated rings. The maximum atomic E-state index is 4.73. The van der Waals surface area contributed by atoms with E-state index in [1.807, 2.05) is 12.1 Å². The maximum absolute atomic E-state index is 4.73. The van der Waals surface area contributed by atoms with Crippen LogP contribution in [0.1, 0.15) is 24.4 Å². The molecule has 0 radical (unpaired) electrons. The van der Waals surface area contributed by atoms with E-state index in [2.05, 4.69) is 76.2 Å². The fourth-order valence-corrected chi connectivity index (χ4v) is 2.78. The highest BCUT2D eigenvalue weighted by Crippen LogP contribution is 2.19. The highest BCUT2D eigenvalue weighted by atomic mass is 79.9. The van der Waals surface area contributed by atoms with E-state index >= 15 is 0 Å². The lowest BCUT2D eigenvalue weighted by atomic mass is 10.2. The lowest BCUT2D eigenvalue weighted by Crippen LogP contribution is -2.21. The number of halogens is 1. The second-order valence-electron chi connectivity index (χ2n) is 5.25. The summed E-state index contributed by atoms with van der Waals surface area (Å²) in [6.07, 6.45) is 0. The van der Waals surface area contributed by atoms with Crippen molar-refractivity contribution in [3.05, 3.63) is 64.4 Å². The maximum Gasteiger partial charge on any atom is 0.126 e. The van der Waals surface area contributed by atoms with E-state index in [4.69, 9.17) is 4.98 Å². The molecule has 1 aromatic heterocycles. The Hall–Kier alpha value is -1.65. The van der Waals surface area contributed by atoms with Crippen molar-refractivity contribution in [1.82, 2.24) is 14.9 Å². The normalized spacial score (nSPS) is 12.7. The topological polar surface area (TPSA) is 29.9 Å². The van der Waals surface area contributed by atoms with Crippen LogP contribution in [0.2, 0.25) is 0 Å². The van der Waals surface area contributed by atoms with Crippen LogP contribution in [0.25, 0.3) is 11.0 Å². The first-order valence-corrected chi connectivity index (χ1v) is 7.83. The fourth-order valence-electron chi connectivity index (χ4n) is 2.52. The Morgan fingerprint density at radius 2 is 1.86 bits per heavy atom. The van der Waals surface area contributed by atoms with Gasteiger partial charge in [-0.3, -0.25) is 0 Å². The zero-order chi connectivity index (χ0) is 14.8. The molecule has 0 aliphatic heterocycles. The summed E-state index contributed by atoms with van der Waals surface area (Å²) in [7, 11) is 2.07. The average molecular weight is 344 g/mol. The molecule has 1 N–H and O–H groups in total. The van der Waals surface area contributed by atoms with Crippen LogP contribution in [0.15, 0.2) is 53.0 Å². The smallest absolute Gasteiger partial charge is 0.126 e. The number of para-hydroxylation sites is 2. The van der Waals surface area contributed by atoms with Crippen LogP contribution in [0.4, 0.5) is 0 Å². The van der Waals surface area contributed by atoms with E-state index in [0.29, 0.717) is 0 Å². The summed E-state index contributed by atoms with van der Waals surface area (Å²) in [6, 6.07) is 16.8. The van der Waals surface area contributed by atoms with Gasteiger partial charge in [0.15, 0.2) is 0 Å². The van der Waals surface area contributed by atoms with Crippen molar-refractivity contribution in [3.63, 3.8) is 0 Å². The summed E-state index contributed by atoms with van der Waals surface area (Å²) < 4.78 is 3.27. The number of hydrogen-bond donors (Lipinski definition) is 1. The van der Waals surface area contributed by atoms with Crippen molar-refractivity contribution in [2.24, 2.45) is 7.05 Å². The number of nitrogens with zero attached hydrogens (tertiary/aromatic N) is 2. The number of benzene rings is 2. The third-order valence-electron chi connectivity index (χ3n) is 3.73. The Labute approximate surface area is 133 Å². The molecule has 1 unspecified atom stereocenters. The van der Waals surface area contributed by atoms with Crippen LogP contribution in [0.3, 0.4) is 0 Å². The van der Waals surface area contributed by atoms with Gasteiger partial charge < -0.3 is 9.88 Å². The SMILES string of the molecule is CC(NCc1ccc(Br)cc1)c1nc2ccccc2n1C. The molecule has 0 amide bonds. The molecule has 0 bridgehead atoms. The summed E-state index contributed by atoms with van der Waals surface area (Å²) in [4.78, 5) is 4.73. The van der Waals surface area contributed by atoms with E-state index in [-0.39, 0.29) is 6.04 Å². The molecule has 1 atom stereocenters. The Morgan fingerprint density at radius 3 is 2.57 bits per heavy atom. The Bertz CT molecular complexity index is 746. The third-order valence-corrected chi connectivity index (χ3v) is 4.26. The van der Waals surface area contributed by atoms with Gasteiger partial charge in [0.25, 0.3) is 0 Å². The molecule has 108 valence electrons. The molecule has 3 nitrogen and oxygen atoms in total. The van der Waals surface area contributed by atoms with Crippen LogP contribution in [0, 0.1) is 0 Å². The Kier molecular flexibility index (Phi) is 4.08. The predicted octanol–water partition coefficient (Wildman–Crippen LogP) is 4.19. The second-order valence-corrected chi connectivity index (χ2v) is 6.16. The second kappa shape index (κ2) is 6.00. The zero-order valence-electron chi connectivity index (χ0n) is 12.2. The van der Waals surface area contributed by atoms with Gasteiger partial charge in [-0.1, -0.05) is 40.2 Å². The first kappa shape index (κ1) is 14.3. The molecular weight excluding hydrogens is 326 g/mol. The summed E-state index contributed by atoms with van der Waals surface area (Å²) >= 11 is 3.46. The quantitative estimate of drug-likeness (QED) is 0.769. The molecule has 0 aliphatic rings. The molecule has 0 spiro atoms. The molecule has 3 aromatic rings.